The van der Waals surface area contributed by atoms with Crippen LogP contribution in [0.25, 0.3) is 0 Å². The zero-order chi connectivity index (χ0) is 15.3. The van der Waals surface area contributed by atoms with Crippen molar-refractivity contribution in [3.05, 3.63) is 28.8 Å². The number of nitriles is 1. The number of aliphatic hydroxyl groups is 1. The predicted molar refractivity (Wildman–Crippen MR) is 69.6 cm³/mol. The van der Waals surface area contributed by atoms with Gasteiger partial charge in [-0.25, -0.2) is 17.9 Å². The first kappa shape index (κ1) is 16.4. The second kappa shape index (κ2) is 6.67. The third-order valence-corrected chi connectivity index (χ3v) is 4.29. The highest BCUT2D eigenvalue weighted by Crippen LogP contribution is 2.22. The van der Waals surface area contributed by atoms with Crippen LogP contribution in [0.5, 0.6) is 0 Å². The van der Waals surface area contributed by atoms with E-state index in [4.69, 9.17) is 27.1 Å². The van der Waals surface area contributed by atoms with Gasteiger partial charge in [0.2, 0.25) is 10.0 Å². The van der Waals surface area contributed by atoms with Crippen LogP contribution < -0.4 is 4.72 Å². The number of nitrogens with one attached hydrogen (secondary N) is 1. The SMILES string of the molecule is N#Cc1ccc(S(=O)(=O)NCCC(O)C(=O)O)c(Cl)c1. The number of carboxylic acids is 1. The summed E-state index contributed by atoms with van der Waals surface area (Å²) in [7, 11) is -3.93. The number of aliphatic carboxylic acids is 1. The molecule has 3 N–H and O–H groups in total. The predicted octanol–water partition coefficient (Wildman–Crippen LogP) is 0.326. The number of nitrogens with zero attached hydrogens (tertiary/aromatic N) is 1. The molecule has 0 bridgehead atoms. The van der Waals surface area contributed by atoms with E-state index in [2.05, 4.69) is 4.72 Å². The van der Waals surface area contributed by atoms with Gasteiger partial charge in [-0.1, -0.05) is 11.6 Å². The number of sulfonamides is 1. The van der Waals surface area contributed by atoms with Crippen LogP contribution in [0.15, 0.2) is 23.1 Å². The average molecular weight is 319 g/mol. The molecule has 1 unspecified atom stereocenters. The van der Waals surface area contributed by atoms with Crippen LogP contribution in [0, 0.1) is 11.3 Å². The van der Waals surface area contributed by atoms with Crippen LogP contribution in [0.1, 0.15) is 12.0 Å². The number of hydrogen-bond acceptors (Lipinski definition) is 5. The van der Waals surface area contributed by atoms with Crippen LogP contribution in [-0.2, 0) is 14.8 Å². The molecule has 0 saturated heterocycles. The van der Waals surface area contributed by atoms with Crippen molar-refractivity contribution < 1.29 is 23.4 Å². The van der Waals surface area contributed by atoms with Crippen molar-refractivity contribution in [1.29, 1.82) is 5.26 Å². The summed E-state index contributed by atoms with van der Waals surface area (Å²) in [6, 6.07) is 5.51. The van der Waals surface area contributed by atoms with E-state index in [1.807, 2.05) is 6.07 Å². The molecule has 0 fully saturated rings. The van der Waals surface area contributed by atoms with Crippen molar-refractivity contribution in [1.82, 2.24) is 4.72 Å². The molecule has 108 valence electrons. The summed E-state index contributed by atoms with van der Waals surface area (Å²) < 4.78 is 25.9. The summed E-state index contributed by atoms with van der Waals surface area (Å²) in [6.07, 6.45) is -1.92. The lowest BCUT2D eigenvalue weighted by atomic mass is 10.2. The van der Waals surface area contributed by atoms with Crippen LogP contribution in [0.3, 0.4) is 0 Å². The minimum absolute atomic E-state index is 0.115. The van der Waals surface area contributed by atoms with Crippen LogP contribution in [-0.4, -0.2) is 37.2 Å². The summed E-state index contributed by atoms with van der Waals surface area (Å²) in [5.74, 6) is -1.43. The Kier molecular flexibility index (Phi) is 5.47. The standard InChI is InChI=1S/C11H11ClN2O5S/c12-8-5-7(6-13)1-2-10(8)20(18,19)14-4-3-9(15)11(16)17/h1-2,5,9,14-15H,3-4H2,(H,16,17). The van der Waals surface area contributed by atoms with E-state index in [9.17, 15) is 13.2 Å². The lowest BCUT2D eigenvalue weighted by Gasteiger charge is -2.09. The lowest BCUT2D eigenvalue weighted by molar-refractivity contribution is -0.146. The molecular formula is C11H11ClN2O5S. The maximum atomic E-state index is 11.9. The Labute approximate surface area is 120 Å². The van der Waals surface area contributed by atoms with Crippen molar-refractivity contribution in [2.75, 3.05) is 6.54 Å². The first-order chi connectivity index (χ1) is 9.27. The molecule has 0 amide bonds. The summed E-state index contributed by atoms with van der Waals surface area (Å²) in [6.45, 7) is -0.258. The molecule has 0 spiro atoms. The molecule has 0 aliphatic carbocycles. The molecule has 7 nitrogen and oxygen atoms in total. The van der Waals surface area contributed by atoms with Crippen LogP contribution in [0.4, 0.5) is 0 Å². The van der Waals surface area contributed by atoms with Gasteiger partial charge >= 0.3 is 5.97 Å². The molecule has 9 heteroatoms. The van der Waals surface area contributed by atoms with Crippen molar-refractivity contribution in [2.24, 2.45) is 0 Å². The normalized spacial score (nSPS) is 12.7. The molecule has 0 heterocycles. The van der Waals surface area contributed by atoms with Gasteiger partial charge in [-0.05, 0) is 24.6 Å². The van der Waals surface area contributed by atoms with E-state index in [0.29, 0.717) is 0 Å². The molecule has 0 aromatic heterocycles. The fourth-order valence-electron chi connectivity index (χ4n) is 1.32. The Morgan fingerprint density at radius 3 is 2.65 bits per heavy atom. The highest BCUT2D eigenvalue weighted by atomic mass is 35.5. The summed E-state index contributed by atoms with van der Waals surface area (Å²) >= 11 is 5.77. The number of hydrogen-bond donors (Lipinski definition) is 3. The quantitative estimate of drug-likeness (QED) is 0.693. The van der Waals surface area contributed by atoms with E-state index < -0.39 is 22.1 Å². The molecule has 1 rings (SSSR count). The molecule has 0 radical (unpaired) electrons. The van der Waals surface area contributed by atoms with Gasteiger partial charge in [0.25, 0.3) is 0 Å². The third-order valence-electron chi connectivity index (χ3n) is 2.35. The number of aliphatic hydroxyl groups excluding tert-OH is 1. The first-order valence-corrected chi connectivity index (χ1v) is 7.24. The van der Waals surface area contributed by atoms with Gasteiger partial charge in [0.15, 0.2) is 6.10 Å². The Morgan fingerprint density at radius 1 is 1.50 bits per heavy atom. The molecule has 1 aromatic carbocycles. The third kappa shape index (κ3) is 4.18. The van der Waals surface area contributed by atoms with E-state index in [-0.39, 0.29) is 28.4 Å². The van der Waals surface area contributed by atoms with E-state index >= 15 is 0 Å². The van der Waals surface area contributed by atoms with Crippen molar-refractivity contribution in [3.63, 3.8) is 0 Å². The van der Waals surface area contributed by atoms with Gasteiger partial charge in [0.1, 0.15) is 4.90 Å². The zero-order valence-corrected chi connectivity index (χ0v) is 11.6. The molecule has 0 aliphatic heterocycles. The monoisotopic (exact) mass is 318 g/mol. The van der Waals surface area contributed by atoms with E-state index in [1.165, 1.54) is 18.2 Å². The number of halogens is 1. The molecule has 0 saturated carbocycles. The van der Waals surface area contributed by atoms with E-state index in [1.54, 1.807) is 0 Å². The van der Waals surface area contributed by atoms with Gasteiger partial charge < -0.3 is 10.2 Å². The minimum atomic E-state index is -3.93. The molecule has 0 aliphatic rings. The Balaban J connectivity index is 2.80. The Morgan fingerprint density at radius 2 is 2.15 bits per heavy atom. The summed E-state index contributed by atoms with van der Waals surface area (Å²) in [5.41, 5.74) is 0.218. The summed E-state index contributed by atoms with van der Waals surface area (Å²) in [4.78, 5) is 10.2. The molecular weight excluding hydrogens is 308 g/mol. The maximum absolute atomic E-state index is 11.9. The molecule has 1 atom stereocenters. The average Bonchev–Trinajstić information content (AvgIpc) is 2.37. The largest absolute Gasteiger partial charge is 0.479 e. The van der Waals surface area contributed by atoms with Crippen LogP contribution >= 0.6 is 11.6 Å². The number of carboxylic acid groups (broad SMARTS) is 1. The summed E-state index contributed by atoms with van der Waals surface area (Å²) in [5, 5.41) is 26.0. The topological polar surface area (TPSA) is 127 Å². The Hall–Kier alpha value is -1.66. The molecule has 20 heavy (non-hydrogen) atoms. The van der Waals surface area contributed by atoms with Gasteiger partial charge in [0, 0.05) is 6.54 Å². The van der Waals surface area contributed by atoms with Crippen LogP contribution in [0.2, 0.25) is 5.02 Å². The second-order valence-corrected chi connectivity index (χ2v) is 5.94. The first-order valence-electron chi connectivity index (χ1n) is 5.38. The highest BCUT2D eigenvalue weighted by molar-refractivity contribution is 7.89. The number of carbonyl (C=O) groups is 1. The second-order valence-electron chi connectivity index (χ2n) is 3.80. The van der Waals surface area contributed by atoms with E-state index in [0.717, 1.165) is 0 Å². The minimum Gasteiger partial charge on any atom is -0.479 e. The number of rotatable bonds is 6. The highest BCUT2D eigenvalue weighted by Gasteiger charge is 2.19. The fraction of sp³-hybridized carbons (Fsp3) is 0.273. The van der Waals surface area contributed by atoms with Crippen molar-refractivity contribution in [3.8, 4) is 6.07 Å². The Bertz CT molecular complexity index is 653. The maximum Gasteiger partial charge on any atom is 0.332 e. The van der Waals surface area contributed by atoms with Gasteiger partial charge in [-0.15, -0.1) is 0 Å². The number of benzene rings is 1. The van der Waals surface area contributed by atoms with Gasteiger partial charge in [-0.3, -0.25) is 0 Å². The van der Waals surface area contributed by atoms with Gasteiger partial charge in [0.05, 0.1) is 16.7 Å². The zero-order valence-electron chi connectivity index (χ0n) is 10.1. The lowest BCUT2D eigenvalue weighted by Crippen LogP contribution is -2.30. The molecule has 1 aromatic rings. The van der Waals surface area contributed by atoms with Crippen molar-refractivity contribution >= 4 is 27.6 Å². The van der Waals surface area contributed by atoms with Crippen molar-refractivity contribution in [2.45, 2.75) is 17.4 Å². The fourth-order valence-corrected chi connectivity index (χ4v) is 2.91. The van der Waals surface area contributed by atoms with Gasteiger partial charge in [-0.2, -0.15) is 5.26 Å². The smallest absolute Gasteiger partial charge is 0.332 e.